The highest BCUT2D eigenvalue weighted by Gasteiger charge is 2.29. The molecule has 2 aromatic carbocycles. The minimum absolute atomic E-state index is 0.534. The quantitative estimate of drug-likeness (QED) is 0.611. The first-order valence-corrected chi connectivity index (χ1v) is 10.3. The van der Waals surface area contributed by atoms with Crippen LogP contribution in [0.2, 0.25) is 0 Å². The monoisotopic (exact) mass is 314 g/mol. The second kappa shape index (κ2) is 8.34. The Morgan fingerprint density at radius 2 is 1.36 bits per heavy atom. The highest BCUT2D eigenvalue weighted by Crippen LogP contribution is 2.46. The van der Waals surface area contributed by atoms with Crippen LogP contribution in [0.25, 0.3) is 0 Å². The van der Waals surface area contributed by atoms with Crippen molar-refractivity contribution >= 4 is 17.8 Å². The Morgan fingerprint density at radius 1 is 0.864 bits per heavy atom. The summed E-state index contributed by atoms with van der Waals surface area (Å²) >= 11 is 0. The van der Waals surface area contributed by atoms with Gasteiger partial charge in [-0.25, -0.2) is 0 Å². The van der Waals surface area contributed by atoms with Gasteiger partial charge in [0.05, 0.1) is 0 Å². The summed E-state index contributed by atoms with van der Waals surface area (Å²) in [4.78, 5) is 0. The maximum atomic E-state index is 13.9. The smallest absolute Gasteiger partial charge is 0.143 e. The molecule has 1 atom stereocenters. The lowest BCUT2D eigenvalue weighted by Crippen LogP contribution is -2.22. The highest BCUT2D eigenvalue weighted by molar-refractivity contribution is 7.78. The molecule has 0 aliphatic rings. The van der Waals surface area contributed by atoms with Crippen molar-refractivity contribution in [3.05, 3.63) is 60.7 Å². The van der Waals surface area contributed by atoms with Crippen molar-refractivity contribution in [2.75, 3.05) is 6.16 Å². The summed E-state index contributed by atoms with van der Waals surface area (Å²) in [6.07, 6.45) is 5.50. The molecular weight excluding hydrogens is 287 g/mol. The third-order valence-electron chi connectivity index (χ3n) is 4.41. The molecule has 0 radical (unpaired) electrons. The zero-order chi connectivity index (χ0) is 15.8. The molecule has 1 unspecified atom stereocenters. The van der Waals surface area contributed by atoms with Gasteiger partial charge in [-0.2, -0.15) is 0 Å². The fraction of sp³-hybridized carbons (Fsp3) is 0.400. The van der Waals surface area contributed by atoms with E-state index in [1.54, 1.807) is 0 Å². The Hall–Kier alpha value is -1.33. The fourth-order valence-electron chi connectivity index (χ4n) is 2.98. The van der Waals surface area contributed by atoms with Gasteiger partial charge < -0.3 is 4.57 Å². The second-order valence-corrected chi connectivity index (χ2v) is 8.89. The molecule has 0 saturated heterocycles. The molecule has 1 nitrogen and oxygen atoms in total. The predicted molar refractivity (Wildman–Crippen MR) is 97.9 cm³/mol. The minimum atomic E-state index is -2.54. The number of benzene rings is 2. The molecule has 22 heavy (non-hydrogen) atoms. The van der Waals surface area contributed by atoms with Crippen molar-refractivity contribution in [1.29, 1.82) is 0 Å². The molecule has 0 N–H and O–H groups in total. The zero-order valence-electron chi connectivity index (χ0n) is 13.7. The molecule has 2 aromatic rings. The van der Waals surface area contributed by atoms with Crippen molar-refractivity contribution in [1.82, 2.24) is 0 Å². The molecule has 0 saturated carbocycles. The van der Waals surface area contributed by atoms with E-state index in [0.717, 1.165) is 23.2 Å². The fourth-order valence-corrected chi connectivity index (χ4v) is 6.17. The SMILES string of the molecule is CCCCC(CC)CP(=O)(c1ccccc1)c1ccccc1. The Morgan fingerprint density at radius 3 is 1.77 bits per heavy atom. The van der Waals surface area contributed by atoms with Crippen LogP contribution in [0, 0.1) is 5.92 Å². The summed E-state index contributed by atoms with van der Waals surface area (Å²) in [6.45, 7) is 4.45. The number of hydrogen-bond donors (Lipinski definition) is 0. The molecule has 0 bridgehead atoms. The number of unbranched alkanes of at least 4 members (excludes halogenated alkanes) is 1. The largest absolute Gasteiger partial charge is 0.314 e. The van der Waals surface area contributed by atoms with Crippen molar-refractivity contribution in [3.8, 4) is 0 Å². The first kappa shape index (κ1) is 17.0. The molecule has 0 fully saturated rings. The Balaban J connectivity index is 2.36. The summed E-state index contributed by atoms with van der Waals surface area (Å²) in [7, 11) is -2.54. The van der Waals surface area contributed by atoms with Gasteiger partial charge in [-0.05, 0) is 5.92 Å². The molecule has 118 valence electrons. The van der Waals surface area contributed by atoms with Crippen LogP contribution in [0.5, 0.6) is 0 Å². The van der Waals surface area contributed by atoms with Crippen LogP contribution in [0.1, 0.15) is 39.5 Å². The summed E-state index contributed by atoms with van der Waals surface area (Å²) in [6, 6.07) is 20.1. The normalized spacial score (nSPS) is 13.0. The van der Waals surface area contributed by atoms with E-state index in [4.69, 9.17) is 0 Å². The first-order valence-electron chi connectivity index (χ1n) is 8.41. The van der Waals surface area contributed by atoms with E-state index < -0.39 is 7.14 Å². The summed E-state index contributed by atoms with van der Waals surface area (Å²) in [5.41, 5.74) is 0. The van der Waals surface area contributed by atoms with Gasteiger partial charge in [0, 0.05) is 16.8 Å². The van der Waals surface area contributed by atoms with E-state index in [-0.39, 0.29) is 0 Å². The third kappa shape index (κ3) is 4.11. The van der Waals surface area contributed by atoms with Gasteiger partial charge in [0.15, 0.2) is 0 Å². The summed E-state index contributed by atoms with van der Waals surface area (Å²) < 4.78 is 13.9. The second-order valence-electron chi connectivity index (χ2n) is 6.01. The first-order chi connectivity index (χ1) is 10.7. The lowest BCUT2D eigenvalue weighted by molar-refractivity contribution is 0.487. The van der Waals surface area contributed by atoms with Crippen LogP contribution in [0.15, 0.2) is 60.7 Å². The molecule has 0 aliphatic heterocycles. The molecule has 0 amide bonds. The van der Waals surface area contributed by atoms with E-state index >= 15 is 0 Å². The summed E-state index contributed by atoms with van der Waals surface area (Å²) in [5.74, 6) is 0.534. The van der Waals surface area contributed by atoms with E-state index in [2.05, 4.69) is 13.8 Å². The number of rotatable bonds is 8. The van der Waals surface area contributed by atoms with Gasteiger partial charge in [0.1, 0.15) is 7.14 Å². The van der Waals surface area contributed by atoms with E-state index in [0.29, 0.717) is 5.92 Å². The van der Waals surface area contributed by atoms with Gasteiger partial charge in [-0.3, -0.25) is 0 Å². The van der Waals surface area contributed by atoms with E-state index in [1.165, 1.54) is 19.3 Å². The number of hydrogen-bond acceptors (Lipinski definition) is 1. The van der Waals surface area contributed by atoms with Crippen LogP contribution in [-0.2, 0) is 4.57 Å². The van der Waals surface area contributed by atoms with Crippen LogP contribution >= 0.6 is 7.14 Å². The maximum absolute atomic E-state index is 13.9. The summed E-state index contributed by atoms with van der Waals surface area (Å²) in [5, 5.41) is 1.99. The zero-order valence-corrected chi connectivity index (χ0v) is 14.6. The lowest BCUT2D eigenvalue weighted by Gasteiger charge is -2.24. The van der Waals surface area contributed by atoms with Gasteiger partial charge in [0.2, 0.25) is 0 Å². The Bertz CT molecular complexity index is 548. The van der Waals surface area contributed by atoms with Gasteiger partial charge >= 0.3 is 0 Å². The van der Waals surface area contributed by atoms with E-state index in [9.17, 15) is 4.57 Å². The minimum Gasteiger partial charge on any atom is -0.314 e. The molecule has 2 rings (SSSR count). The maximum Gasteiger partial charge on any atom is 0.143 e. The van der Waals surface area contributed by atoms with Crippen LogP contribution in [0.3, 0.4) is 0 Å². The van der Waals surface area contributed by atoms with Crippen molar-refractivity contribution in [3.63, 3.8) is 0 Å². The lowest BCUT2D eigenvalue weighted by atomic mass is 10.0. The molecule has 0 aromatic heterocycles. The molecule has 0 aliphatic carbocycles. The van der Waals surface area contributed by atoms with Crippen LogP contribution in [-0.4, -0.2) is 6.16 Å². The topological polar surface area (TPSA) is 17.1 Å². The van der Waals surface area contributed by atoms with Crippen molar-refractivity contribution < 1.29 is 4.57 Å². The average Bonchev–Trinajstić information content (AvgIpc) is 2.60. The van der Waals surface area contributed by atoms with Gasteiger partial charge in [0.25, 0.3) is 0 Å². The Labute approximate surface area is 135 Å². The average molecular weight is 314 g/mol. The van der Waals surface area contributed by atoms with Crippen molar-refractivity contribution in [2.24, 2.45) is 5.92 Å². The van der Waals surface area contributed by atoms with Gasteiger partial charge in [-0.1, -0.05) is 100 Å². The third-order valence-corrected chi connectivity index (χ3v) is 7.70. The molecule has 2 heteroatoms. The Kier molecular flexibility index (Phi) is 6.46. The predicted octanol–water partition coefficient (Wildman–Crippen LogP) is 5.22. The van der Waals surface area contributed by atoms with Crippen molar-refractivity contribution in [2.45, 2.75) is 39.5 Å². The molecule has 0 spiro atoms. The molecular formula is C20H27OP. The standard InChI is InChI=1S/C20H27OP/c1-3-5-12-18(4-2)17-22(21,19-13-8-6-9-14-19)20-15-10-7-11-16-20/h6-11,13-16,18H,3-5,12,17H2,1-2H3. The van der Waals surface area contributed by atoms with Gasteiger partial charge in [-0.15, -0.1) is 0 Å². The van der Waals surface area contributed by atoms with Crippen LogP contribution in [0.4, 0.5) is 0 Å². The van der Waals surface area contributed by atoms with E-state index in [1.807, 2.05) is 60.7 Å². The van der Waals surface area contributed by atoms with Crippen LogP contribution < -0.4 is 10.6 Å². The highest BCUT2D eigenvalue weighted by atomic mass is 31.2. The molecule has 0 heterocycles.